The maximum Gasteiger partial charge on any atom is 0.265 e. The van der Waals surface area contributed by atoms with E-state index in [1.807, 2.05) is 26.0 Å². The van der Waals surface area contributed by atoms with Crippen LogP contribution in [0.25, 0.3) is 11.1 Å². The van der Waals surface area contributed by atoms with E-state index < -0.39 is 0 Å². The van der Waals surface area contributed by atoms with Crippen LogP contribution in [0.5, 0.6) is 0 Å². The van der Waals surface area contributed by atoms with Gasteiger partial charge < -0.3 is 9.73 Å². The highest BCUT2D eigenvalue weighted by molar-refractivity contribution is 6.06. The highest BCUT2D eigenvalue weighted by atomic mass is 19.1. The van der Waals surface area contributed by atoms with Crippen molar-refractivity contribution in [1.29, 1.82) is 0 Å². The second-order valence-electron chi connectivity index (χ2n) is 9.37. The van der Waals surface area contributed by atoms with Crippen LogP contribution < -0.4 is 10.9 Å². The second kappa shape index (κ2) is 9.87. The lowest BCUT2D eigenvalue weighted by Gasteiger charge is -2.32. The number of aromatic nitrogens is 2. The summed E-state index contributed by atoms with van der Waals surface area (Å²) in [5.41, 5.74) is 1.35. The van der Waals surface area contributed by atoms with Crippen LogP contribution in [0.1, 0.15) is 48.4 Å². The van der Waals surface area contributed by atoms with Crippen LogP contribution in [0, 0.1) is 24.6 Å². The molecule has 0 radical (unpaired) electrons. The van der Waals surface area contributed by atoms with Crippen LogP contribution >= 0.6 is 0 Å². The molecular weight excluding hydrogens is 423 g/mol. The van der Waals surface area contributed by atoms with Gasteiger partial charge in [0.2, 0.25) is 5.71 Å². The lowest BCUT2D eigenvalue weighted by atomic mass is 9.96. The van der Waals surface area contributed by atoms with Gasteiger partial charge in [0, 0.05) is 19.6 Å². The lowest BCUT2D eigenvalue weighted by molar-refractivity contribution is 0.0935. The fourth-order valence-corrected chi connectivity index (χ4v) is 4.46. The fraction of sp³-hybridized carbons (Fsp3) is 0.480. The van der Waals surface area contributed by atoms with Crippen molar-refractivity contribution in [3.05, 3.63) is 63.7 Å². The van der Waals surface area contributed by atoms with Gasteiger partial charge >= 0.3 is 0 Å². The molecule has 1 aliphatic rings. The van der Waals surface area contributed by atoms with E-state index in [0.717, 1.165) is 38.0 Å². The van der Waals surface area contributed by atoms with Crippen molar-refractivity contribution in [1.82, 2.24) is 19.8 Å². The standard InChI is InChI=1S/C25H31FN4O3/c1-16(2)13-30-15-28-24-22(25(30)32)21(17(3)33-24)23(31)27-12-18-8-10-29(11-9-18)14-19-4-6-20(26)7-5-19/h4-7,15-16,18H,8-14H2,1-3H3,(H,27,31). The smallest absolute Gasteiger partial charge is 0.265 e. The van der Waals surface area contributed by atoms with Crippen LogP contribution in [0.3, 0.4) is 0 Å². The van der Waals surface area contributed by atoms with E-state index >= 15 is 0 Å². The number of carbonyl (C=O) groups excluding carboxylic acids is 1. The predicted molar refractivity (Wildman–Crippen MR) is 125 cm³/mol. The van der Waals surface area contributed by atoms with Crippen LogP contribution in [0.15, 0.2) is 39.8 Å². The van der Waals surface area contributed by atoms with E-state index in [1.165, 1.54) is 23.0 Å². The number of hydrogen-bond donors (Lipinski definition) is 1. The summed E-state index contributed by atoms with van der Waals surface area (Å²) in [5.74, 6) is 0.543. The van der Waals surface area contributed by atoms with Crippen molar-refractivity contribution < 1.29 is 13.6 Å². The summed E-state index contributed by atoms with van der Waals surface area (Å²) >= 11 is 0. The van der Waals surface area contributed by atoms with Crippen molar-refractivity contribution in [2.75, 3.05) is 19.6 Å². The topological polar surface area (TPSA) is 80.4 Å². The second-order valence-corrected chi connectivity index (χ2v) is 9.37. The molecule has 1 aliphatic heterocycles. The quantitative estimate of drug-likeness (QED) is 0.588. The third-order valence-electron chi connectivity index (χ3n) is 6.22. The molecule has 0 spiro atoms. The first kappa shape index (κ1) is 23.2. The Kier molecular flexibility index (Phi) is 6.93. The Bertz CT molecular complexity index is 1170. The molecule has 0 bridgehead atoms. The number of fused-ring (bicyclic) bond motifs is 1. The van der Waals surface area contributed by atoms with Crippen LogP contribution in [-0.2, 0) is 13.1 Å². The third-order valence-corrected chi connectivity index (χ3v) is 6.22. The van der Waals surface area contributed by atoms with Gasteiger partial charge in [-0.25, -0.2) is 9.37 Å². The first-order chi connectivity index (χ1) is 15.8. The number of carbonyl (C=O) groups is 1. The lowest BCUT2D eigenvalue weighted by Crippen LogP contribution is -2.38. The average molecular weight is 455 g/mol. The minimum absolute atomic E-state index is 0.205. The van der Waals surface area contributed by atoms with Gasteiger partial charge in [-0.1, -0.05) is 26.0 Å². The molecule has 1 aromatic carbocycles. The number of aryl methyl sites for hydroxylation is 1. The number of nitrogens with zero attached hydrogens (tertiary/aromatic N) is 3. The SMILES string of the molecule is Cc1oc2ncn(CC(C)C)c(=O)c2c1C(=O)NCC1CCN(Cc2ccc(F)cc2)CC1. The highest BCUT2D eigenvalue weighted by Crippen LogP contribution is 2.22. The summed E-state index contributed by atoms with van der Waals surface area (Å²) in [6, 6.07) is 6.63. The summed E-state index contributed by atoms with van der Waals surface area (Å²) in [4.78, 5) is 32.6. The molecule has 1 saturated heterocycles. The van der Waals surface area contributed by atoms with Crippen molar-refractivity contribution >= 4 is 17.0 Å². The molecule has 0 aliphatic carbocycles. The number of hydrogen-bond acceptors (Lipinski definition) is 5. The first-order valence-corrected chi connectivity index (χ1v) is 11.6. The van der Waals surface area contributed by atoms with Crippen molar-refractivity contribution in [2.45, 2.75) is 46.7 Å². The van der Waals surface area contributed by atoms with Gasteiger partial charge in [-0.2, -0.15) is 0 Å². The molecule has 8 heteroatoms. The first-order valence-electron chi connectivity index (χ1n) is 11.6. The molecule has 1 fully saturated rings. The maximum absolute atomic E-state index is 13.1. The number of amides is 1. The Morgan fingerprint density at radius 2 is 1.94 bits per heavy atom. The van der Waals surface area contributed by atoms with Gasteiger partial charge in [0.15, 0.2) is 0 Å². The summed E-state index contributed by atoms with van der Waals surface area (Å²) in [6.45, 7) is 9.47. The molecule has 7 nitrogen and oxygen atoms in total. The maximum atomic E-state index is 13.1. The molecule has 3 heterocycles. The zero-order chi connectivity index (χ0) is 23.5. The van der Waals surface area contributed by atoms with Crippen molar-refractivity contribution in [2.24, 2.45) is 11.8 Å². The van der Waals surface area contributed by atoms with Crippen LogP contribution in [-0.4, -0.2) is 40.0 Å². The molecule has 2 aromatic heterocycles. The van der Waals surface area contributed by atoms with E-state index in [2.05, 4.69) is 15.2 Å². The minimum atomic E-state index is -0.291. The fourth-order valence-electron chi connectivity index (χ4n) is 4.46. The zero-order valence-corrected chi connectivity index (χ0v) is 19.4. The monoisotopic (exact) mass is 454 g/mol. The Morgan fingerprint density at radius 1 is 1.24 bits per heavy atom. The number of likely N-dealkylation sites (tertiary alicyclic amines) is 1. The van der Waals surface area contributed by atoms with Crippen molar-refractivity contribution in [3.63, 3.8) is 0 Å². The normalized spacial score (nSPS) is 15.4. The van der Waals surface area contributed by atoms with Gasteiger partial charge in [0.25, 0.3) is 11.5 Å². The average Bonchev–Trinajstić information content (AvgIpc) is 3.13. The predicted octanol–water partition coefficient (Wildman–Crippen LogP) is 3.74. The summed E-state index contributed by atoms with van der Waals surface area (Å²) in [7, 11) is 0. The number of halogens is 1. The molecule has 1 amide bonds. The van der Waals surface area contributed by atoms with Gasteiger partial charge in [0.1, 0.15) is 23.3 Å². The van der Waals surface area contributed by atoms with E-state index in [4.69, 9.17) is 4.42 Å². The van der Waals surface area contributed by atoms with Gasteiger partial charge in [-0.3, -0.25) is 19.1 Å². The summed E-state index contributed by atoms with van der Waals surface area (Å²) in [6.07, 6.45) is 3.42. The van der Waals surface area contributed by atoms with Gasteiger partial charge in [0.05, 0.1) is 5.56 Å². The molecular formula is C25H31FN4O3. The number of rotatable bonds is 7. The van der Waals surface area contributed by atoms with E-state index in [-0.39, 0.29) is 39.9 Å². The Morgan fingerprint density at radius 3 is 2.61 bits per heavy atom. The number of benzene rings is 1. The van der Waals surface area contributed by atoms with Crippen LogP contribution in [0.4, 0.5) is 4.39 Å². The molecule has 33 heavy (non-hydrogen) atoms. The van der Waals surface area contributed by atoms with Gasteiger partial charge in [-0.05, 0) is 62.4 Å². The molecule has 4 rings (SSSR count). The largest absolute Gasteiger partial charge is 0.442 e. The van der Waals surface area contributed by atoms with Crippen LogP contribution in [0.2, 0.25) is 0 Å². The Labute approximate surface area is 192 Å². The number of nitrogens with one attached hydrogen (secondary N) is 1. The molecule has 0 atom stereocenters. The molecule has 1 N–H and O–H groups in total. The minimum Gasteiger partial charge on any atom is -0.442 e. The number of piperidine rings is 1. The van der Waals surface area contributed by atoms with Crippen molar-refractivity contribution in [3.8, 4) is 0 Å². The summed E-state index contributed by atoms with van der Waals surface area (Å²) in [5, 5.41) is 3.26. The Hall–Kier alpha value is -3.00. The Balaban J connectivity index is 1.37. The molecule has 0 unspecified atom stereocenters. The zero-order valence-electron chi connectivity index (χ0n) is 19.4. The van der Waals surface area contributed by atoms with E-state index in [0.29, 0.717) is 24.8 Å². The highest BCUT2D eigenvalue weighted by Gasteiger charge is 2.25. The third kappa shape index (κ3) is 5.33. The number of furan rings is 1. The van der Waals surface area contributed by atoms with E-state index in [9.17, 15) is 14.0 Å². The molecule has 176 valence electrons. The molecule has 3 aromatic rings. The van der Waals surface area contributed by atoms with E-state index in [1.54, 1.807) is 6.92 Å². The summed E-state index contributed by atoms with van der Waals surface area (Å²) < 4.78 is 20.2. The molecule has 0 saturated carbocycles. The van der Waals surface area contributed by atoms with Gasteiger partial charge in [-0.15, -0.1) is 0 Å².